The molecular formula is C16H22ClFN2. The van der Waals surface area contributed by atoms with Crippen molar-refractivity contribution in [1.29, 1.82) is 0 Å². The number of anilines is 2. The van der Waals surface area contributed by atoms with E-state index in [4.69, 9.17) is 17.3 Å². The molecule has 110 valence electrons. The van der Waals surface area contributed by atoms with Crippen LogP contribution in [-0.2, 0) is 0 Å². The van der Waals surface area contributed by atoms with E-state index in [9.17, 15) is 4.39 Å². The van der Waals surface area contributed by atoms with Gasteiger partial charge in [-0.2, -0.15) is 0 Å². The number of hydrogen-bond donors (Lipinski definition) is 1. The molecule has 1 aromatic carbocycles. The van der Waals surface area contributed by atoms with E-state index in [-0.39, 0.29) is 10.8 Å². The number of piperidine rings is 1. The van der Waals surface area contributed by atoms with Crippen molar-refractivity contribution in [3.8, 4) is 0 Å². The van der Waals surface area contributed by atoms with E-state index < -0.39 is 0 Å². The molecule has 0 aromatic heterocycles. The molecule has 0 atom stereocenters. The summed E-state index contributed by atoms with van der Waals surface area (Å²) >= 11 is 5.77. The van der Waals surface area contributed by atoms with E-state index in [1.54, 1.807) is 0 Å². The maximum Gasteiger partial charge on any atom is 0.144 e. The van der Waals surface area contributed by atoms with Crippen LogP contribution in [0.5, 0.6) is 0 Å². The van der Waals surface area contributed by atoms with E-state index in [0.717, 1.165) is 18.8 Å². The molecule has 4 heteroatoms. The maximum atomic E-state index is 13.6. The molecule has 2 aliphatic rings. The van der Waals surface area contributed by atoms with Crippen molar-refractivity contribution in [2.24, 2.45) is 5.41 Å². The van der Waals surface area contributed by atoms with Gasteiger partial charge >= 0.3 is 0 Å². The third-order valence-corrected chi connectivity index (χ3v) is 5.44. The van der Waals surface area contributed by atoms with Crippen molar-refractivity contribution >= 4 is 23.0 Å². The predicted octanol–water partition coefficient (Wildman–Crippen LogP) is 4.61. The fourth-order valence-electron chi connectivity index (χ4n) is 3.85. The summed E-state index contributed by atoms with van der Waals surface area (Å²) in [6.45, 7) is 1.95. The standard InChI is InChI=1S/C16H22ClFN2/c17-12-10-14(19)15(11-13(12)18)20-8-6-16(7-9-20)4-2-1-3-5-16/h10-11H,1-9,19H2. The molecule has 0 radical (unpaired) electrons. The van der Waals surface area contributed by atoms with Gasteiger partial charge in [0.15, 0.2) is 0 Å². The lowest BCUT2D eigenvalue weighted by Gasteiger charge is -2.45. The Morgan fingerprint density at radius 2 is 1.70 bits per heavy atom. The molecule has 1 saturated heterocycles. The van der Waals surface area contributed by atoms with Crippen LogP contribution in [0.15, 0.2) is 12.1 Å². The lowest BCUT2D eigenvalue weighted by atomic mass is 9.68. The molecule has 0 bridgehead atoms. The molecule has 1 aliphatic heterocycles. The van der Waals surface area contributed by atoms with Crippen molar-refractivity contribution in [3.05, 3.63) is 23.0 Å². The summed E-state index contributed by atoms with van der Waals surface area (Å²) in [5.74, 6) is -0.381. The lowest BCUT2D eigenvalue weighted by Crippen LogP contribution is -2.41. The first kappa shape index (κ1) is 14.0. The molecule has 1 saturated carbocycles. The summed E-state index contributed by atoms with van der Waals surface area (Å²) in [6, 6.07) is 3.01. The van der Waals surface area contributed by atoms with E-state index in [2.05, 4.69) is 4.90 Å². The van der Waals surface area contributed by atoms with Gasteiger partial charge in [0, 0.05) is 19.2 Å². The van der Waals surface area contributed by atoms with Crippen LogP contribution in [0.4, 0.5) is 15.8 Å². The molecule has 1 aromatic rings. The molecule has 1 heterocycles. The van der Waals surface area contributed by atoms with Crippen molar-refractivity contribution in [2.75, 3.05) is 23.7 Å². The van der Waals surface area contributed by atoms with Gasteiger partial charge in [0.05, 0.1) is 16.4 Å². The molecular weight excluding hydrogens is 275 g/mol. The molecule has 3 rings (SSSR count). The minimum absolute atomic E-state index is 0.104. The molecule has 2 nitrogen and oxygen atoms in total. The highest BCUT2D eigenvalue weighted by Crippen LogP contribution is 2.45. The number of halogens is 2. The predicted molar refractivity (Wildman–Crippen MR) is 82.8 cm³/mol. The van der Waals surface area contributed by atoms with Crippen LogP contribution in [0.2, 0.25) is 5.02 Å². The minimum Gasteiger partial charge on any atom is -0.397 e. The Labute approximate surface area is 125 Å². The number of nitrogens with zero attached hydrogens (tertiary/aromatic N) is 1. The van der Waals surface area contributed by atoms with Gasteiger partial charge in [0.25, 0.3) is 0 Å². The van der Waals surface area contributed by atoms with Crippen molar-refractivity contribution in [3.63, 3.8) is 0 Å². The van der Waals surface area contributed by atoms with Gasteiger partial charge in [-0.05, 0) is 37.2 Å². The Morgan fingerprint density at radius 1 is 1.05 bits per heavy atom. The van der Waals surface area contributed by atoms with Gasteiger partial charge in [-0.25, -0.2) is 4.39 Å². The summed E-state index contributed by atoms with van der Waals surface area (Å²) in [5, 5.41) is 0.104. The zero-order chi connectivity index (χ0) is 14.2. The van der Waals surface area contributed by atoms with Crippen molar-refractivity contribution in [2.45, 2.75) is 44.9 Å². The van der Waals surface area contributed by atoms with Gasteiger partial charge in [-0.3, -0.25) is 0 Å². The smallest absolute Gasteiger partial charge is 0.144 e. The number of nitrogens with two attached hydrogens (primary N) is 1. The zero-order valence-corrected chi connectivity index (χ0v) is 12.6. The monoisotopic (exact) mass is 296 g/mol. The van der Waals surface area contributed by atoms with Crippen molar-refractivity contribution in [1.82, 2.24) is 0 Å². The molecule has 2 N–H and O–H groups in total. The first-order valence-corrected chi connectivity index (χ1v) is 7.97. The average Bonchev–Trinajstić information content (AvgIpc) is 2.45. The van der Waals surface area contributed by atoms with Crippen LogP contribution in [0.25, 0.3) is 0 Å². The first-order chi connectivity index (χ1) is 9.60. The Balaban J connectivity index is 1.73. The summed E-state index contributed by atoms with van der Waals surface area (Å²) in [4.78, 5) is 2.22. The van der Waals surface area contributed by atoms with Crippen LogP contribution in [0, 0.1) is 11.2 Å². The van der Waals surface area contributed by atoms with E-state index in [1.165, 1.54) is 57.1 Å². The quantitative estimate of drug-likeness (QED) is 0.767. The SMILES string of the molecule is Nc1cc(Cl)c(F)cc1N1CCC2(CCCCC2)CC1. The van der Waals surface area contributed by atoms with E-state index in [1.807, 2.05) is 0 Å². The van der Waals surface area contributed by atoms with Gasteiger partial charge in [0.1, 0.15) is 5.82 Å². The Bertz CT molecular complexity index is 487. The number of hydrogen-bond acceptors (Lipinski definition) is 2. The normalized spacial score (nSPS) is 22.2. The molecule has 1 spiro atoms. The largest absolute Gasteiger partial charge is 0.397 e. The van der Waals surface area contributed by atoms with E-state index in [0.29, 0.717) is 11.1 Å². The third kappa shape index (κ3) is 2.60. The molecule has 0 unspecified atom stereocenters. The number of benzene rings is 1. The molecule has 1 aliphatic carbocycles. The maximum absolute atomic E-state index is 13.6. The topological polar surface area (TPSA) is 29.3 Å². The lowest BCUT2D eigenvalue weighted by molar-refractivity contribution is 0.144. The number of rotatable bonds is 1. The second-order valence-corrected chi connectivity index (χ2v) is 6.78. The average molecular weight is 297 g/mol. The third-order valence-electron chi connectivity index (χ3n) is 5.15. The van der Waals surface area contributed by atoms with Crippen molar-refractivity contribution < 1.29 is 4.39 Å². The summed E-state index contributed by atoms with van der Waals surface area (Å²) < 4.78 is 13.6. The van der Waals surface area contributed by atoms with Crippen LogP contribution in [-0.4, -0.2) is 13.1 Å². The molecule has 20 heavy (non-hydrogen) atoms. The van der Waals surface area contributed by atoms with Gasteiger partial charge < -0.3 is 10.6 Å². The van der Waals surface area contributed by atoms with Gasteiger partial charge in [-0.1, -0.05) is 30.9 Å². The highest BCUT2D eigenvalue weighted by Gasteiger charge is 2.35. The fourth-order valence-corrected chi connectivity index (χ4v) is 4.02. The second-order valence-electron chi connectivity index (χ2n) is 6.37. The summed E-state index contributed by atoms with van der Waals surface area (Å²) in [7, 11) is 0. The first-order valence-electron chi connectivity index (χ1n) is 7.59. The number of nitrogen functional groups attached to an aromatic ring is 1. The fraction of sp³-hybridized carbons (Fsp3) is 0.625. The molecule has 2 fully saturated rings. The Kier molecular flexibility index (Phi) is 3.80. The van der Waals surface area contributed by atoms with Crippen LogP contribution in [0.1, 0.15) is 44.9 Å². The Hall–Kier alpha value is -0.960. The van der Waals surface area contributed by atoms with Crippen LogP contribution in [0.3, 0.4) is 0 Å². The van der Waals surface area contributed by atoms with Gasteiger partial charge in [0.2, 0.25) is 0 Å². The second kappa shape index (κ2) is 5.44. The summed E-state index contributed by atoms with van der Waals surface area (Å²) in [6.07, 6.45) is 9.28. The molecule has 0 amide bonds. The highest BCUT2D eigenvalue weighted by molar-refractivity contribution is 6.31. The van der Waals surface area contributed by atoms with E-state index >= 15 is 0 Å². The Morgan fingerprint density at radius 3 is 2.35 bits per heavy atom. The van der Waals surface area contributed by atoms with Crippen LogP contribution >= 0.6 is 11.6 Å². The zero-order valence-electron chi connectivity index (χ0n) is 11.8. The highest BCUT2D eigenvalue weighted by atomic mass is 35.5. The van der Waals surface area contributed by atoms with Gasteiger partial charge in [-0.15, -0.1) is 0 Å². The minimum atomic E-state index is -0.381. The van der Waals surface area contributed by atoms with Crippen LogP contribution < -0.4 is 10.6 Å². The summed E-state index contributed by atoms with van der Waals surface area (Å²) in [5.41, 5.74) is 7.93.